The number of hydrogen-bond acceptors (Lipinski definition) is 4. The topological polar surface area (TPSA) is 92.4 Å². The fourth-order valence-corrected chi connectivity index (χ4v) is 2.85. The van der Waals surface area contributed by atoms with Crippen LogP contribution in [-0.2, 0) is 10.0 Å². The number of rotatable bonds is 4. The van der Waals surface area contributed by atoms with E-state index in [1.54, 1.807) is 6.92 Å². The van der Waals surface area contributed by atoms with Gasteiger partial charge in [-0.25, -0.2) is 13.1 Å². The molecule has 0 saturated heterocycles. The van der Waals surface area contributed by atoms with Crippen LogP contribution in [0.15, 0.2) is 0 Å². The van der Waals surface area contributed by atoms with Gasteiger partial charge in [0.25, 0.3) is 0 Å². The first-order valence-electron chi connectivity index (χ1n) is 5.35. The highest BCUT2D eigenvalue weighted by Gasteiger charge is 2.26. The zero-order chi connectivity index (χ0) is 11.5. The van der Waals surface area contributed by atoms with Crippen molar-refractivity contribution < 1.29 is 13.5 Å². The molecule has 90 valence electrons. The van der Waals surface area contributed by atoms with E-state index in [1.807, 2.05) is 0 Å². The van der Waals surface area contributed by atoms with Gasteiger partial charge >= 0.3 is 0 Å². The molecule has 5 nitrogen and oxygen atoms in total. The van der Waals surface area contributed by atoms with E-state index >= 15 is 0 Å². The summed E-state index contributed by atoms with van der Waals surface area (Å²) in [5.41, 5.74) is 5.33. The maximum Gasteiger partial charge on any atom is 0.215 e. The van der Waals surface area contributed by atoms with E-state index in [-0.39, 0.29) is 18.7 Å². The third-order valence-electron chi connectivity index (χ3n) is 2.89. The zero-order valence-corrected chi connectivity index (χ0v) is 9.83. The lowest BCUT2D eigenvalue weighted by Crippen LogP contribution is -2.44. The van der Waals surface area contributed by atoms with Gasteiger partial charge in [-0.05, 0) is 32.6 Å². The number of hydrogen-bond donors (Lipinski definition) is 3. The minimum atomic E-state index is -3.28. The number of sulfonamides is 1. The van der Waals surface area contributed by atoms with Crippen LogP contribution >= 0.6 is 0 Å². The molecule has 4 N–H and O–H groups in total. The molecule has 0 bridgehead atoms. The first-order valence-corrected chi connectivity index (χ1v) is 6.89. The quantitative estimate of drug-likeness (QED) is 0.617. The molecule has 0 aromatic rings. The predicted molar refractivity (Wildman–Crippen MR) is 58.8 cm³/mol. The maximum absolute atomic E-state index is 11.7. The fourth-order valence-electron chi connectivity index (χ4n) is 1.67. The van der Waals surface area contributed by atoms with Gasteiger partial charge in [-0.2, -0.15) is 0 Å². The molecule has 0 spiro atoms. The fraction of sp³-hybridized carbons (Fsp3) is 1.00. The zero-order valence-electron chi connectivity index (χ0n) is 9.02. The van der Waals surface area contributed by atoms with Crippen molar-refractivity contribution in [2.75, 3.05) is 6.54 Å². The SMILES string of the molecule is CC(CN)S(=O)(=O)NC1CCC(O)CC1. The van der Waals surface area contributed by atoms with Gasteiger partial charge in [0.1, 0.15) is 0 Å². The second-order valence-corrected chi connectivity index (χ2v) is 6.35. The van der Waals surface area contributed by atoms with Crippen LogP contribution in [0.2, 0.25) is 0 Å². The molecule has 1 saturated carbocycles. The smallest absolute Gasteiger partial charge is 0.215 e. The molecule has 1 aliphatic rings. The Morgan fingerprint density at radius 1 is 1.40 bits per heavy atom. The number of aliphatic hydroxyl groups excluding tert-OH is 1. The van der Waals surface area contributed by atoms with Gasteiger partial charge in [-0.1, -0.05) is 0 Å². The normalized spacial score (nSPS) is 30.1. The molecule has 0 aromatic heterocycles. The van der Waals surface area contributed by atoms with Crippen LogP contribution in [0.4, 0.5) is 0 Å². The monoisotopic (exact) mass is 236 g/mol. The summed E-state index contributed by atoms with van der Waals surface area (Å²) in [7, 11) is -3.28. The highest BCUT2D eigenvalue weighted by atomic mass is 32.2. The molecule has 1 unspecified atom stereocenters. The highest BCUT2D eigenvalue weighted by molar-refractivity contribution is 7.90. The third kappa shape index (κ3) is 3.71. The summed E-state index contributed by atoms with van der Waals surface area (Å²) in [6, 6.07) is -0.0348. The molecule has 1 atom stereocenters. The van der Waals surface area contributed by atoms with Crippen molar-refractivity contribution in [2.45, 2.75) is 50.0 Å². The summed E-state index contributed by atoms with van der Waals surface area (Å²) >= 11 is 0. The van der Waals surface area contributed by atoms with E-state index in [4.69, 9.17) is 5.73 Å². The highest BCUT2D eigenvalue weighted by Crippen LogP contribution is 2.19. The molecule has 0 heterocycles. The number of nitrogens with two attached hydrogens (primary N) is 1. The molecule has 0 aliphatic heterocycles. The summed E-state index contributed by atoms with van der Waals surface area (Å²) in [6.45, 7) is 1.73. The van der Waals surface area contributed by atoms with Crippen molar-refractivity contribution in [3.8, 4) is 0 Å². The molecule has 0 amide bonds. The Bertz CT molecular complexity index is 284. The molecule has 0 aromatic carbocycles. The van der Waals surface area contributed by atoms with Gasteiger partial charge in [0.05, 0.1) is 11.4 Å². The van der Waals surface area contributed by atoms with E-state index in [2.05, 4.69) is 4.72 Å². The molecular weight excluding hydrogens is 216 g/mol. The van der Waals surface area contributed by atoms with E-state index < -0.39 is 15.3 Å². The first kappa shape index (κ1) is 12.9. The van der Waals surface area contributed by atoms with Gasteiger partial charge in [0.15, 0.2) is 0 Å². The predicted octanol–water partition coefficient (Wildman–Crippen LogP) is -0.443. The Morgan fingerprint density at radius 2 is 1.93 bits per heavy atom. The van der Waals surface area contributed by atoms with Gasteiger partial charge in [0, 0.05) is 12.6 Å². The van der Waals surface area contributed by atoms with E-state index in [9.17, 15) is 13.5 Å². The standard InChI is InChI=1S/C9H20N2O3S/c1-7(6-10)15(13,14)11-8-2-4-9(12)5-3-8/h7-9,11-12H,2-6,10H2,1H3. The van der Waals surface area contributed by atoms with Crippen molar-refractivity contribution in [3.63, 3.8) is 0 Å². The molecule has 1 fully saturated rings. The summed E-state index contributed by atoms with van der Waals surface area (Å²) < 4.78 is 26.0. The van der Waals surface area contributed by atoms with E-state index in [0.717, 1.165) is 0 Å². The van der Waals surface area contributed by atoms with Gasteiger partial charge in [-0.15, -0.1) is 0 Å². The minimum Gasteiger partial charge on any atom is -0.393 e. The molecule has 1 aliphatic carbocycles. The van der Waals surface area contributed by atoms with Crippen LogP contribution in [-0.4, -0.2) is 37.5 Å². The molecule has 15 heavy (non-hydrogen) atoms. The summed E-state index contributed by atoms with van der Waals surface area (Å²) in [5, 5.41) is 8.73. The number of nitrogens with one attached hydrogen (secondary N) is 1. The third-order valence-corrected chi connectivity index (χ3v) is 4.80. The first-order chi connectivity index (χ1) is 6.95. The van der Waals surface area contributed by atoms with Crippen molar-refractivity contribution in [1.29, 1.82) is 0 Å². The van der Waals surface area contributed by atoms with Crippen molar-refractivity contribution in [2.24, 2.45) is 5.73 Å². The van der Waals surface area contributed by atoms with Crippen LogP contribution in [0.3, 0.4) is 0 Å². The second kappa shape index (κ2) is 5.25. The molecule has 6 heteroatoms. The Balaban J connectivity index is 2.48. The largest absolute Gasteiger partial charge is 0.393 e. The summed E-state index contributed by atoms with van der Waals surface area (Å²) in [6.07, 6.45) is 2.49. The van der Waals surface area contributed by atoms with Crippen molar-refractivity contribution in [3.05, 3.63) is 0 Å². The van der Waals surface area contributed by atoms with Crippen molar-refractivity contribution in [1.82, 2.24) is 4.72 Å². The van der Waals surface area contributed by atoms with E-state index in [0.29, 0.717) is 25.7 Å². The van der Waals surface area contributed by atoms with Crippen molar-refractivity contribution >= 4 is 10.0 Å². The summed E-state index contributed by atoms with van der Waals surface area (Å²) in [4.78, 5) is 0. The van der Waals surface area contributed by atoms with Gasteiger partial charge in [-0.3, -0.25) is 0 Å². The molecular formula is C9H20N2O3S. The maximum atomic E-state index is 11.7. The lowest BCUT2D eigenvalue weighted by Gasteiger charge is -2.27. The molecule has 0 radical (unpaired) electrons. The molecule has 1 rings (SSSR count). The summed E-state index contributed by atoms with van der Waals surface area (Å²) in [5.74, 6) is 0. The Hall–Kier alpha value is -0.170. The number of aliphatic hydroxyl groups is 1. The van der Waals surface area contributed by atoms with Crippen LogP contribution < -0.4 is 10.5 Å². The van der Waals surface area contributed by atoms with Crippen LogP contribution in [0.1, 0.15) is 32.6 Å². The lowest BCUT2D eigenvalue weighted by molar-refractivity contribution is 0.120. The van der Waals surface area contributed by atoms with Gasteiger partial charge < -0.3 is 10.8 Å². The Morgan fingerprint density at radius 3 is 2.40 bits per heavy atom. The second-order valence-electron chi connectivity index (χ2n) is 4.21. The minimum absolute atomic E-state index is 0.0348. The average Bonchev–Trinajstić information content (AvgIpc) is 2.20. The van der Waals surface area contributed by atoms with Crippen LogP contribution in [0, 0.1) is 0 Å². The lowest BCUT2D eigenvalue weighted by atomic mass is 9.94. The average molecular weight is 236 g/mol. The van der Waals surface area contributed by atoms with E-state index in [1.165, 1.54) is 0 Å². The van der Waals surface area contributed by atoms with Crippen LogP contribution in [0.25, 0.3) is 0 Å². The Kier molecular flexibility index (Phi) is 4.51. The van der Waals surface area contributed by atoms with Crippen LogP contribution in [0.5, 0.6) is 0 Å². The Labute approximate surface area is 91.1 Å². The van der Waals surface area contributed by atoms with Gasteiger partial charge in [0.2, 0.25) is 10.0 Å².